The van der Waals surface area contributed by atoms with Crippen molar-refractivity contribution in [1.82, 2.24) is 20.9 Å². The smallest absolute Gasteiger partial charge is 0.331 e. The lowest BCUT2D eigenvalue weighted by Gasteiger charge is -2.31. The van der Waals surface area contributed by atoms with Gasteiger partial charge in [-0.1, -0.05) is 64.7 Å². The number of hydrogen-bond donors (Lipinski definition) is 6. The van der Waals surface area contributed by atoms with Gasteiger partial charge in [-0.15, -0.1) is 0 Å². The number of carbonyl (C=O) groups is 6. The van der Waals surface area contributed by atoms with E-state index in [-0.39, 0.29) is 17.9 Å². The number of para-hydroxylation sites is 1. The van der Waals surface area contributed by atoms with E-state index >= 15 is 0 Å². The van der Waals surface area contributed by atoms with Gasteiger partial charge >= 0.3 is 11.9 Å². The molecule has 1 aliphatic heterocycles. The number of rotatable bonds is 12. The van der Waals surface area contributed by atoms with Crippen LogP contribution in [0.15, 0.2) is 30.5 Å². The summed E-state index contributed by atoms with van der Waals surface area (Å²) in [5, 5.41) is 27.0. The molecule has 0 radical (unpaired) electrons. The Morgan fingerprint density at radius 3 is 2.34 bits per heavy atom. The SMILES string of the molecule is CCCCCC[C@@H](C)C1OC(=O)C(CO)NC(=O)C(C(=O)c2c[nH]c3ccccc23)NC(=O)[C@@H](CCC(=O)O)NC(=O)[C@H]1C. The van der Waals surface area contributed by atoms with Gasteiger partial charge in [-0.3, -0.25) is 24.0 Å². The second-order valence-corrected chi connectivity index (χ2v) is 11.3. The summed E-state index contributed by atoms with van der Waals surface area (Å²) < 4.78 is 5.74. The number of aliphatic carboxylic acids is 1. The van der Waals surface area contributed by atoms with Crippen LogP contribution in [-0.2, 0) is 28.7 Å². The van der Waals surface area contributed by atoms with Gasteiger partial charge in [-0.05, 0) is 24.8 Å². The van der Waals surface area contributed by atoms with Crippen LogP contribution in [-0.4, -0.2) is 81.5 Å². The number of H-pyrrole nitrogens is 1. The first-order valence-corrected chi connectivity index (χ1v) is 15.0. The maximum absolute atomic E-state index is 13.7. The summed E-state index contributed by atoms with van der Waals surface area (Å²) in [6, 6.07) is 1.89. The average Bonchev–Trinajstić information content (AvgIpc) is 3.44. The molecule has 13 heteroatoms. The Labute approximate surface area is 255 Å². The lowest BCUT2D eigenvalue weighted by molar-refractivity contribution is -0.161. The van der Waals surface area contributed by atoms with Gasteiger partial charge in [-0.2, -0.15) is 0 Å². The van der Waals surface area contributed by atoms with Crippen molar-refractivity contribution in [3.8, 4) is 0 Å². The van der Waals surface area contributed by atoms with Gasteiger partial charge < -0.3 is 35.9 Å². The van der Waals surface area contributed by atoms with Crippen molar-refractivity contribution in [2.75, 3.05) is 6.61 Å². The van der Waals surface area contributed by atoms with E-state index < -0.39 is 78.6 Å². The molecule has 3 amide bonds. The number of esters is 1. The number of Topliss-reactive ketones (excluding diaryl/α,β-unsaturated/α-hetero) is 1. The first-order valence-electron chi connectivity index (χ1n) is 15.0. The number of aliphatic hydroxyl groups excluding tert-OH is 1. The number of aromatic amines is 1. The monoisotopic (exact) mass is 614 g/mol. The molecule has 1 saturated heterocycles. The molecular formula is C31H42N4O9. The minimum Gasteiger partial charge on any atom is -0.481 e. The minimum absolute atomic E-state index is 0.0743. The highest BCUT2D eigenvalue weighted by atomic mass is 16.5. The van der Waals surface area contributed by atoms with Crippen LogP contribution in [0.1, 0.15) is 76.1 Å². The quantitative estimate of drug-likeness (QED) is 0.0892. The molecule has 44 heavy (non-hydrogen) atoms. The Hall–Kier alpha value is -4.26. The molecule has 2 aromatic rings. The first kappa shape index (κ1) is 34.2. The Morgan fingerprint density at radius 1 is 0.955 bits per heavy atom. The maximum Gasteiger partial charge on any atom is 0.331 e. The fourth-order valence-electron chi connectivity index (χ4n) is 5.33. The van der Waals surface area contributed by atoms with Crippen LogP contribution in [0.3, 0.4) is 0 Å². The summed E-state index contributed by atoms with van der Waals surface area (Å²) in [5.74, 6) is -7.06. The van der Waals surface area contributed by atoms with Crippen molar-refractivity contribution < 1.29 is 43.7 Å². The summed E-state index contributed by atoms with van der Waals surface area (Å²) in [5.41, 5.74) is 0.671. The number of hydrogen-bond acceptors (Lipinski definition) is 8. The van der Waals surface area contributed by atoms with E-state index in [1.165, 1.54) is 13.1 Å². The van der Waals surface area contributed by atoms with Gasteiger partial charge in [0.05, 0.1) is 12.5 Å². The number of carbonyl (C=O) groups excluding carboxylic acids is 5. The fraction of sp³-hybridized carbons (Fsp3) is 0.548. The van der Waals surface area contributed by atoms with Crippen LogP contribution in [0, 0.1) is 11.8 Å². The topological polar surface area (TPSA) is 204 Å². The van der Waals surface area contributed by atoms with Gasteiger partial charge in [0.15, 0.2) is 17.9 Å². The molecule has 0 aliphatic carbocycles. The molecule has 2 heterocycles. The van der Waals surface area contributed by atoms with E-state index in [1.54, 1.807) is 24.3 Å². The molecule has 6 atom stereocenters. The molecule has 1 aliphatic rings. The van der Waals surface area contributed by atoms with E-state index in [9.17, 15) is 39.0 Å². The number of fused-ring (bicyclic) bond motifs is 1. The Morgan fingerprint density at radius 2 is 1.66 bits per heavy atom. The largest absolute Gasteiger partial charge is 0.481 e. The van der Waals surface area contributed by atoms with Gasteiger partial charge in [-0.25, -0.2) is 4.79 Å². The predicted octanol–water partition coefficient (Wildman–Crippen LogP) is 1.83. The minimum atomic E-state index is -1.89. The third-order valence-electron chi connectivity index (χ3n) is 7.96. The van der Waals surface area contributed by atoms with Crippen LogP contribution in [0.2, 0.25) is 0 Å². The first-order chi connectivity index (χ1) is 21.0. The summed E-state index contributed by atoms with van der Waals surface area (Å²) in [7, 11) is 0. The molecule has 0 spiro atoms. The normalized spacial score (nSPS) is 24.1. The van der Waals surface area contributed by atoms with E-state index in [1.807, 2.05) is 6.92 Å². The standard InChI is InChI=1S/C31H42N4O9/c1-4-5-6-7-10-17(2)27-18(3)28(40)33-22(13-14-24(37)38)29(41)35-25(30(42)34-23(16-36)31(43)44-27)26(39)20-15-32-21-12-9-8-11-19(20)21/h8-9,11-12,15,17-18,22-23,25,27,32,36H,4-7,10,13-14,16H2,1-3H3,(H,33,40)(H,34,42)(H,35,41)(H,37,38)/t17-,18+,22-,23?,25?,27?/m1/s1. The van der Waals surface area contributed by atoms with Crippen LogP contribution < -0.4 is 16.0 Å². The van der Waals surface area contributed by atoms with Crippen LogP contribution in [0.4, 0.5) is 0 Å². The molecule has 0 saturated carbocycles. The van der Waals surface area contributed by atoms with E-state index in [2.05, 4.69) is 27.9 Å². The molecule has 0 bridgehead atoms. The molecule has 3 unspecified atom stereocenters. The van der Waals surface area contributed by atoms with Gasteiger partial charge in [0.25, 0.3) is 5.91 Å². The van der Waals surface area contributed by atoms with Crippen LogP contribution in [0.25, 0.3) is 10.9 Å². The van der Waals surface area contributed by atoms with E-state index in [0.717, 1.165) is 25.7 Å². The number of cyclic esters (lactones) is 1. The highest BCUT2D eigenvalue weighted by Gasteiger charge is 2.40. The number of aromatic nitrogens is 1. The second kappa shape index (κ2) is 16.0. The van der Waals surface area contributed by atoms with E-state index in [0.29, 0.717) is 17.3 Å². The predicted molar refractivity (Wildman–Crippen MR) is 159 cm³/mol. The molecule has 1 aromatic carbocycles. The fourth-order valence-corrected chi connectivity index (χ4v) is 5.33. The number of benzene rings is 1. The Bertz CT molecular complexity index is 1360. The van der Waals surface area contributed by atoms with Crippen molar-refractivity contribution in [3.63, 3.8) is 0 Å². The number of carboxylic acid groups (broad SMARTS) is 1. The molecule has 13 nitrogen and oxygen atoms in total. The lowest BCUT2D eigenvalue weighted by Crippen LogP contribution is -2.58. The van der Waals surface area contributed by atoms with Crippen molar-refractivity contribution in [2.45, 2.75) is 89.9 Å². The number of nitrogens with one attached hydrogen (secondary N) is 4. The zero-order chi connectivity index (χ0) is 32.4. The molecule has 1 aromatic heterocycles. The maximum atomic E-state index is 13.7. The number of ether oxygens (including phenoxy) is 1. The van der Waals surface area contributed by atoms with Gasteiger partial charge in [0.1, 0.15) is 12.1 Å². The third kappa shape index (κ3) is 8.65. The number of carboxylic acids is 1. The zero-order valence-corrected chi connectivity index (χ0v) is 25.3. The molecule has 240 valence electrons. The second-order valence-electron chi connectivity index (χ2n) is 11.3. The summed E-state index contributed by atoms with van der Waals surface area (Å²) >= 11 is 0. The van der Waals surface area contributed by atoms with Gasteiger partial charge in [0.2, 0.25) is 11.8 Å². The van der Waals surface area contributed by atoms with Crippen LogP contribution >= 0.6 is 0 Å². The molecule has 6 N–H and O–H groups in total. The number of unbranched alkanes of at least 4 members (excludes halogenated alkanes) is 3. The van der Waals surface area contributed by atoms with Gasteiger partial charge in [0, 0.05) is 29.1 Å². The summed E-state index contributed by atoms with van der Waals surface area (Å²) in [6.07, 6.45) is 4.00. The number of aliphatic hydroxyl groups is 1. The summed E-state index contributed by atoms with van der Waals surface area (Å²) in [6.45, 7) is 4.55. The zero-order valence-electron chi connectivity index (χ0n) is 25.3. The van der Waals surface area contributed by atoms with Crippen LogP contribution in [0.5, 0.6) is 0 Å². The molecule has 3 rings (SSSR count). The third-order valence-corrected chi connectivity index (χ3v) is 7.96. The lowest BCUT2D eigenvalue weighted by atomic mass is 9.88. The van der Waals surface area contributed by atoms with Crippen molar-refractivity contribution >= 4 is 46.3 Å². The molecule has 1 fully saturated rings. The molecular weight excluding hydrogens is 572 g/mol. The van der Waals surface area contributed by atoms with E-state index in [4.69, 9.17) is 4.74 Å². The van der Waals surface area contributed by atoms with Crippen molar-refractivity contribution in [1.29, 1.82) is 0 Å². The Balaban J connectivity index is 2.00. The van der Waals surface area contributed by atoms with Crippen molar-refractivity contribution in [2.24, 2.45) is 11.8 Å². The highest BCUT2D eigenvalue weighted by molar-refractivity contribution is 6.20. The average molecular weight is 615 g/mol. The Kier molecular flexibility index (Phi) is 12.4. The van der Waals surface area contributed by atoms with Crippen molar-refractivity contribution in [3.05, 3.63) is 36.0 Å². The number of amides is 3. The highest BCUT2D eigenvalue weighted by Crippen LogP contribution is 2.25. The summed E-state index contributed by atoms with van der Waals surface area (Å²) in [4.78, 5) is 81.7. The number of ketones is 1.